The van der Waals surface area contributed by atoms with Crippen molar-refractivity contribution >= 4 is 28.6 Å². The average Bonchev–Trinajstić information content (AvgIpc) is 3.37. The van der Waals surface area contributed by atoms with Gasteiger partial charge in [-0.25, -0.2) is 9.97 Å². The first-order valence-electron chi connectivity index (χ1n) is 13.7. The first kappa shape index (κ1) is 25.6. The van der Waals surface area contributed by atoms with Crippen LogP contribution in [0.25, 0.3) is 11.2 Å². The molecule has 2 aliphatic heterocycles. The number of rotatable bonds is 12. The molecule has 4 heterocycles. The van der Waals surface area contributed by atoms with Gasteiger partial charge in [0, 0.05) is 25.3 Å². The molecule has 37 heavy (non-hydrogen) atoms. The molecule has 1 N–H and O–H groups in total. The zero-order valence-corrected chi connectivity index (χ0v) is 21.4. The van der Waals surface area contributed by atoms with E-state index in [1.807, 2.05) is 28.8 Å². The van der Waals surface area contributed by atoms with Gasteiger partial charge < -0.3 is 19.5 Å². The quantitative estimate of drug-likeness (QED) is 0.310. The molecule has 2 unspecified atom stereocenters. The highest BCUT2D eigenvalue weighted by atomic mass is 16.5. The number of benzene rings is 1. The summed E-state index contributed by atoms with van der Waals surface area (Å²) in [6.07, 6.45) is 14.3. The Morgan fingerprint density at radius 2 is 1.78 bits per heavy atom. The summed E-state index contributed by atoms with van der Waals surface area (Å²) < 4.78 is 19.4. The number of hydrogen-bond acceptors (Lipinski definition) is 8. The second kappa shape index (κ2) is 13.0. The predicted octanol–water partition coefficient (Wildman–Crippen LogP) is 5.74. The van der Waals surface area contributed by atoms with E-state index < -0.39 is 0 Å². The molecule has 0 aliphatic carbocycles. The van der Waals surface area contributed by atoms with E-state index in [4.69, 9.17) is 14.2 Å². The number of nitrogens with one attached hydrogen (secondary N) is 1. The van der Waals surface area contributed by atoms with Gasteiger partial charge in [0.2, 0.25) is 5.95 Å². The zero-order chi connectivity index (χ0) is 25.3. The molecular weight excluding hydrogens is 470 g/mol. The Morgan fingerprint density at radius 3 is 2.57 bits per heavy atom. The minimum Gasteiger partial charge on any atom is -0.494 e. The number of nitrogens with zero attached hydrogens (tertiary/aromatic N) is 4. The van der Waals surface area contributed by atoms with Gasteiger partial charge in [-0.3, -0.25) is 9.36 Å². The monoisotopic (exact) mass is 507 g/mol. The van der Waals surface area contributed by atoms with Gasteiger partial charge in [0.05, 0.1) is 19.1 Å². The summed E-state index contributed by atoms with van der Waals surface area (Å²) in [5.74, 6) is 1.63. The van der Waals surface area contributed by atoms with Crippen LogP contribution >= 0.6 is 0 Å². The second-order valence-corrected chi connectivity index (χ2v) is 9.86. The van der Waals surface area contributed by atoms with Gasteiger partial charge in [-0.1, -0.05) is 12.8 Å². The third-order valence-electron chi connectivity index (χ3n) is 7.02. The van der Waals surface area contributed by atoms with Crippen molar-refractivity contribution in [2.45, 2.75) is 83.0 Å². The fraction of sp³-hybridized carbons (Fsp3) is 0.571. The lowest BCUT2D eigenvalue weighted by molar-refractivity contribution is -0.133. The molecular formula is C28H37N5O4. The maximum atomic E-state index is 12.2. The molecule has 0 radical (unpaired) electrons. The summed E-state index contributed by atoms with van der Waals surface area (Å²) in [4.78, 5) is 25.7. The number of ether oxygens (including phenoxy) is 3. The molecule has 3 aromatic rings. The molecule has 0 bridgehead atoms. The van der Waals surface area contributed by atoms with Crippen LogP contribution in [0.5, 0.6) is 5.75 Å². The highest BCUT2D eigenvalue weighted by Crippen LogP contribution is 2.26. The van der Waals surface area contributed by atoms with Crippen molar-refractivity contribution in [3.05, 3.63) is 36.8 Å². The molecule has 2 saturated heterocycles. The Balaban J connectivity index is 1.03. The van der Waals surface area contributed by atoms with Crippen LogP contribution in [0.1, 0.15) is 76.9 Å². The van der Waals surface area contributed by atoms with Crippen molar-refractivity contribution in [1.82, 2.24) is 19.5 Å². The van der Waals surface area contributed by atoms with E-state index in [2.05, 4.69) is 20.3 Å². The Bertz CT molecular complexity index is 1140. The van der Waals surface area contributed by atoms with E-state index in [9.17, 15) is 4.79 Å². The van der Waals surface area contributed by atoms with Crippen LogP contribution in [0, 0.1) is 0 Å². The van der Waals surface area contributed by atoms with Crippen LogP contribution in [0.4, 0.5) is 11.6 Å². The molecule has 5 rings (SSSR count). The first-order chi connectivity index (χ1) is 18.3. The third-order valence-corrected chi connectivity index (χ3v) is 7.02. The molecule has 9 nitrogen and oxygen atoms in total. The summed E-state index contributed by atoms with van der Waals surface area (Å²) >= 11 is 0. The Labute approximate surface area is 217 Å². The van der Waals surface area contributed by atoms with Crippen LogP contribution in [0.2, 0.25) is 0 Å². The number of aromatic nitrogens is 4. The summed E-state index contributed by atoms with van der Waals surface area (Å²) in [7, 11) is 0. The van der Waals surface area contributed by atoms with Crippen LogP contribution < -0.4 is 10.1 Å². The number of anilines is 2. The van der Waals surface area contributed by atoms with Crippen LogP contribution in [-0.2, 0) is 14.3 Å². The van der Waals surface area contributed by atoms with E-state index in [1.54, 1.807) is 12.5 Å². The van der Waals surface area contributed by atoms with Crippen LogP contribution in [0.3, 0.4) is 0 Å². The van der Waals surface area contributed by atoms with Gasteiger partial charge in [0.25, 0.3) is 0 Å². The van der Waals surface area contributed by atoms with Crippen molar-refractivity contribution in [2.75, 3.05) is 25.1 Å². The molecule has 0 amide bonds. The average molecular weight is 508 g/mol. The topological polar surface area (TPSA) is 100 Å². The molecule has 0 saturated carbocycles. The number of fused-ring (bicyclic) bond motifs is 1. The lowest BCUT2D eigenvalue weighted by Crippen LogP contribution is -2.27. The molecule has 1 aromatic carbocycles. The smallest absolute Gasteiger partial charge is 0.229 e. The fourth-order valence-corrected chi connectivity index (χ4v) is 4.90. The number of carbonyl (C=O) groups excluding carboxylic acids is 1. The van der Waals surface area contributed by atoms with Crippen LogP contribution in [-0.4, -0.2) is 51.2 Å². The summed E-state index contributed by atoms with van der Waals surface area (Å²) in [5, 5.41) is 3.27. The maximum absolute atomic E-state index is 12.2. The second-order valence-electron chi connectivity index (χ2n) is 9.86. The minimum atomic E-state index is -0.149. The Kier molecular flexibility index (Phi) is 8.97. The van der Waals surface area contributed by atoms with Crippen molar-refractivity contribution in [3.63, 3.8) is 0 Å². The van der Waals surface area contributed by atoms with Gasteiger partial charge >= 0.3 is 0 Å². The number of unbranched alkanes of at least 4 members (excludes halogenated alkanes) is 3. The van der Waals surface area contributed by atoms with Crippen molar-refractivity contribution in [3.8, 4) is 5.75 Å². The van der Waals surface area contributed by atoms with Crippen LogP contribution in [0.15, 0.2) is 36.8 Å². The molecule has 2 atom stereocenters. The van der Waals surface area contributed by atoms with E-state index in [0.29, 0.717) is 19.0 Å². The third kappa shape index (κ3) is 7.05. The highest BCUT2D eigenvalue weighted by molar-refractivity contribution is 5.83. The first-order valence-corrected chi connectivity index (χ1v) is 13.7. The van der Waals surface area contributed by atoms with E-state index in [0.717, 1.165) is 100 Å². The lowest BCUT2D eigenvalue weighted by atomic mass is 10.0. The highest BCUT2D eigenvalue weighted by Gasteiger charge is 2.21. The number of hydrogen-bond donors (Lipinski definition) is 1. The summed E-state index contributed by atoms with van der Waals surface area (Å²) in [6, 6.07) is 7.82. The summed E-state index contributed by atoms with van der Waals surface area (Å²) in [5.41, 5.74) is 2.42. The van der Waals surface area contributed by atoms with Crippen molar-refractivity contribution in [1.29, 1.82) is 0 Å². The van der Waals surface area contributed by atoms with Gasteiger partial charge in [-0.2, -0.15) is 4.98 Å². The Morgan fingerprint density at radius 1 is 0.973 bits per heavy atom. The van der Waals surface area contributed by atoms with Gasteiger partial charge in [-0.05, 0) is 75.6 Å². The normalized spacial score (nSPS) is 20.1. The molecule has 198 valence electrons. The molecule has 0 spiro atoms. The predicted molar refractivity (Wildman–Crippen MR) is 141 cm³/mol. The number of ketones is 1. The summed E-state index contributed by atoms with van der Waals surface area (Å²) in [6.45, 7) is 2.17. The zero-order valence-electron chi connectivity index (χ0n) is 21.4. The van der Waals surface area contributed by atoms with Gasteiger partial charge in [0.1, 0.15) is 23.6 Å². The van der Waals surface area contributed by atoms with E-state index >= 15 is 0 Å². The molecule has 2 aliphatic rings. The Hall–Kier alpha value is -3.04. The number of carbonyl (C=O) groups is 1. The molecule has 2 aromatic heterocycles. The largest absolute Gasteiger partial charge is 0.494 e. The van der Waals surface area contributed by atoms with E-state index in [1.165, 1.54) is 0 Å². The minimum absolute atomic E-state index is 0.0171. The number of Topliss-reactive ketones (excluding diaryl/α,β-unsaturated/α-hetero) is 1. The molecule has 2 fully saturated rings. The SMILES string of the molecule is O=C(CCCCCCOc1ccc(Nc2ncc3ncn(C4CCCCO4)c3n2)cc1)C1CCCCO1. The lowest BCUT2D eigenvalue weighted by Gasteiger charge is -2.23. The maximum Gasteiger partial charge on any atom is 0.229 e. The number of imidazole rings is 1. The van der Waals surface area contributed by atoms with E-state index in [-0.39, 0.29) is 18.1 Å². The van der Waals surface area contributed by atoms with Crippen molar-refractivity contribution < 1.29 is 19.0 Å². The van der Waals surface area contributed by atoms with Gasteiger partial charge in [-0.15, -0.1) is 0 Å². The standard InChI is InChI=1S/C28H37N5O4/c34-24(25-10-4-7-17-36-25)9-3-1-2-6-16-35-22-14-12-21(13-15-22)31-28-29-19-23-27(32-28)33(20-30-23)26-11-5-8-18-37-26/h12-15,19-20,25-26H,1-11,16-18H2,(H,29,31,32). The van der Waals surface area contributed by atoms with Gasteiger partial charge in [0.15, 0.2) is 11.4 Å². The molecule has 9 heteroatoms. The fourth-order valence-electron chi connectivity index (χ4n) is 4.90. The van der Waals surface area contributed by atoms with Crippen molar-refractivity contribution in [2.24, 2.45) is 0 Å².